The number of carbonyl (C=O) groups excluding carboxylic acids is 1. The van der Waals surface area contributed by atoms with Gasteiger partial charge in [-0.05, 0) is 24.3 Å². The lowest BCUT2D eigenvalue weighted by Gasteiger charge is -2.35. The number of aliphatic hydroxyl groups excluding tert-OH is 1. The molecule has 1 saturated heterocycles. The van der Waals surface area contributed by atoms with Gasteiger partial charge in [-0.25, -0.2) is 0 Å². The zero-order valence-electron chi connectivity index (χ0n) is 11.7. The third-order valence-electron chi connectivity index (χ3n) is 3.88. The minimum Gasteiger partial charge on any atom is -0.392 e. The average molecular weight is 261 g/mol. The van der Waals surface area contributed by atoms with E-state index >= 15 is 0 Å². The number of likely N-dealkylation sites (tertiary alicyclic amines) is 1. The van der Waals surface area contributed by atoms with Crippen LogP contribution in [-0.4, -0.2) is 28.6 Å². The van der Waals surface area contributed by atoms with Crippen LogP contribution in [-0.2, 0) is 11.3 Å². The lowest BCUT2D eigenvalue weighted by atomic mass is 9.86. The van der Waals surface area contributed by atoms with Crippen molar-refractivity contribution in [1.82, 2.24) is 4.90 Å². The third-order valence-corrected chi connectivity index (χ3v) is 3.88. The average Bonchev–Trinajstić information content (AvgIpc) is 2.41. The second-order valence-electron chi connectivity index (χ2n) is 5.73. The highest BCUT2D eigenvalue weighted by molar-refractivity contribution is 5.80. The number of amides is 1. The van der Waals surface area contributed by atoms with Gasteiger partial charge in [0.05, 0.1) is 12.0 Å². The Kier molecular flexibility index (Phi) is 4.59. The Morgan fingerprint density at radius 2 is 2.00 bits per heavy atom. The molecule has 1 N–H and O–H groups in total. The lowest BCUT2D eigenvalue weighted by molar-refractivity contribution is -0.144. The molecule has 3 nitrogen and oxygen atoms in total. The molecule has 1 aromatic rings. The summed E-state index contributed by atoms with van der Waals surface area (Å²) in [6, 6.07) is 10.0. The first kappa shape index (κ1) is 14.1. The molecule has 104 valence electrons. The number of carbonyl (C=O) groups is 1. The van der Waals surface area contributed by atoms with Gasteiger partial charge in [0.1, 0.15) is 0 Å². The van der Waals surface area contributed by atoms with Gasteiger partial charge < -0.3 is 10.0 Å². The maximum absolute atomic E-state index is 12.4. The van der Waals surface area contributed by atoms with Gasteiger partial charge in [0.15, 0.2) is 0 Å². The van der Waals surface area contributed by atoms with Crippen LogP contribution in [0.5, 0.6) is 0 Å². The Morgan fingerprint density at radius 1 is 1.32 bits per heavy atom. The van der Waals surface area contributed by atoms with Crippen LogP contribution < -0.4 is 0 Å². The number of benzene rings is 1. The summed E-state index contributed by atoms with van der Waals surface area (Å²) in [4.78, 5) is 14.3. The molecule has 2 unspecified atom stereocenters. The molecule has 3 heteroatoms. The summed E-state index contributed by atoms with van der Waals surface area (Å²) < 4.78 is 0. The van der Waals surface area contributed by atoms with E-state index in [9.17, 15) is 9.90 Å². The summed E-state index contributed by atoms with van der Waals surface area (Å²) >= 11 is 0. The number of hydrogen-bond donors (Lipinski definition) is 1. The molecule has 1 aromatic carbocycles. The van der Waals surface area contributed by atoms with Crippen molar-refractivity contribution in [3.05, 3.63) is 35.9 Å². The molecular formula is C16H23NO2. The number of piperidine rings is 1. The minimum absolute atomic E-state index is 0.108. The molecule has 1 heterocycles. The molecule has 1 amide bonds. The van der Waals surface area contributed by atoms with E-state index in [-0.39, 0.29) is 17.7 Å². The van der Waals surface area contributed by atoms with Crippen molar-refractivity contribution < 1.29 is 9.90 Å². The Morgan fingerprint density at radius 3 is 2.63 bits per heavy atom. The van der Waals surface area contributed by atoms with Crippen LogP contribution in [0, 0.1) is 11.8 Å². The van der Waals surface area contributed by atoms with Crippen LogP contribution in [0.2, 0.25) is 0 Å². The van der Waals surface area contributed by atoms with Crippen LogP contribution in [0.3, 0.4) is 0 Å². The molecule has 0 aromatic heterocycles. The van der Waals surface area contributed by atoms with Gasteiger partial charge in [0.25, 0.3) is 0 Å². The van der Waals surface area contributed by atoms with Gasteiger partial charge in [0.2, 0.25) is 5.91 Å². The molecule has 0 radical (unpaired) electrons. The predicted molar refractivity (Wildman–Crippen MR) is 75.4 cm³/mol. The minimum atomic E-state index is -0.522. The van der Waals surface area contributed by atoms with E-state index in [0.29, 0.717) is 6.54 Å². The normalized spacial score (nSPS) is 21.8. The Bertz CT molecular complexity index is 416. The van der Waals surface area contributed by atoms with Crippen molar-refractivity contribution in [3.63, 3.8) is 0 Å². The number of hydrogen-bond acceptors (Lipinski definition) is 2. The maximum Gasteiger partial charge on any atom is 0.228 e. The van der Waals surface area contributed by atoms with E-state index in [1.807, 2.05) is 49.1 Å². The molecule has 2 rings (SSSR count). The van der Waals surface area contributed by atoms with E-state index < -0.39 is 6.10 Å². The molecule has 0 spiro atoms. The van der Waals surface area contributed by atoms with Crippen LogP contribution >= 0.6 is 0 Å². The fourth-order valence-electron chi connectivity index (χ4n) is 2.71. The first-order valence-electron chi connectivity index (χ1n) is 7.10. The molecule has 0 saturated carbocycles. The second-order valence-corrected chi connectivity index (χ2v) is 5.73. The van der Waals surface area contributed by atoms with E-state index in [2.05, 4.69) is 0 Å². The predicted octanol–water partition coefficient (Wildman–Crippen LogP) is 2.44. The smallest absolute Gasteiger partial charge is 0.228 e. The van der Waals surface area contributed by atoms with Crippen molar-refractivity contribution in [2.75, 3.05) is 6.54 Å². The molecule has 0 bridgehead atoms. The van der Waals surface area contributed by atoms with Gasteiger partial charge in [-0.1, -0.05) is 44.2 Å². The summed E-state index contributed by atoms with van der Waals surface area (Å²) in [6.45, 7) is 5.39. The topological polar surface area (TPSA) is 40.5 Å². The highest BCUT2D eigenvalue weighted by Crippen LogP contribution is 2.26. The van der Waals surface area contributed by atoms with Crippen LogP contribution in [0.1, 0.15) is 32.3 Å². The molecule has 19 heavy (non-hydrogen) atoms. The van der Waals surface area contributed by atoms with Crippen LogP contribution in [0.4, 0.5) is 0 Å². The van der Waals surface area contributed by atoms with Gasteiger partial charge in [-0.15, -0.1) is 0 Å². The fraction of sp³-hybridized carbons (Fsp3) is 0.562. The number of aliphatic hydroxyl groups is 1. The zero-order valence-corrected chi connectivity index (χ0v) is 11.7. The zero-order chi connectivity index (χ0) is 13.8. The Labute approximate surface area is 115 Å². The molecule has 0 aliphatic carbocycles. The molecule has 1 fully saturated rings. The van der Waals surface area contributed by atoms with E-state index in [4.69, 9.17) is 0 Å². The van der Waals surface area contributed by atoms with Crippen LogP contribution in [0.25, 0.3) is 0 Å². The largest absolute Gasteiger partial charge is 0.392 e. The molecule has 2 atom stereocenters. The molecule has 1 aliphatic heterocycles. The Hall–Kier alpha value is -1.35. The van der Waals surface area contributed by atoms with E-state index in [1.165, 1.54) is 0 Å². The maximum atomic E-state index is 12.4. The van der Waals surface area contributed by atoms with E-state index in [1.54, 1.807) is 0 Å². The monoisotopic (exact) mass is 261 g/mol. The third kappa shape index (κ3) is 3.35. The van der Waals surface area contributed by atoms with Crippen molar-refractivity contribution in [1.29, 1.82) is 0 Å². The first-order chi connectivity index (χ1) is 9.09. The van der Waals surface area contributed by atoms with Gasteiger partial charge >= 0.3 is 0 Å². The quantitative estimate of drug-likeness (QED) is 0.904. The standard InChI is InChI=1S/C16H23NO2/c1-12(2)15(18)14-9-6-10-17(16(14)19)11-13-7-4-3-5-8-13/h3-5,7-8,12,14-15,18H,6,9-11H2,1-2H3. The highest BCUT2D eigenvalue weighted by Gasteiger charge is 2.34. The summed E-state index contributed by atoms with van der Waals surface area (Å²) in [5, 5.41) is 10.2. The van der Waals surface area contributed by atoms with Crippen LogP contribution in [0.15, 0.2) is 30.3 Å². The number of nitrogens with zero attached hydrogens (tertiary/aromatic N) is 1. The summed E-state index contributed by atoms with van der Waals surface area (Å²) in [5.74, 6) is 0.0133. The fourth-order valence-corrected chi connectivity index (χ4v) is 2.71. The van der Waals surface area contributed by atoms with Crippen molar-refractivity contribution in [2.45, 2.75) is 39.3 Å². The summed E-state index contributed by atoms with van der Waals surface area (Å²) in [7, 11) is 0. The van der Waals surface area contributed by atoms with Crippen molar-refractivity contribution >= 4 is 5.91 Å². The van der Waals surface area contributed by atoms with Gasteiger partial charge in [-0.2, -0.15) is 0 Å². The Balaban J connectivity index is 2.04. The van der Waals surface area contributed by atoms with Crippen molar-refractivity contribution in [2.24, 2.45) is 11.8 Å². The van der Waals surface area contributed by atoms with Crippen molar-refractivity contribution in [3.8, 4) is 0 Å². The summed E-state index contributed by atoms with van der Waals surface area (Å²) in [6.07, 6.45) is 1.27. The first-order valence-corrected chi connectivity index (χ1v) is 7.10. The number of rotatable bonds is 4. The SMILES string of the molecule is CC(C)C(O)C1CCCN(Cc2ccccc2)C1=O. The lowest BCUT2D eigenvalue weighted by Crippen LogP contribution is -2.46. The van der Waals surface area contributed by atoms with Gasteiger partial charge in [-0.3, -0.25) is 4.79 Å². The van der Waals surface area contributed by atoms with E-state index in [0.717, 1.165) is 24.9 Å². The second kappa shape index (κ2) is 6.20. The van der Waals surface area contributed by atoms with Gasteiger partial charge in [0, 0.05) is 13.1 Å². The highest BCUT2D eigenvalue weighted by atomic mass is 16.3. The molecular weight excluding hydrogens is 238 g/mol. The molecule has 1 aliphatic rings. The summed E-state index contributed by atoms with van der Waals surface area (Å²) in [5.41, 5.74) is 1.15.